The van der Waals surface area contributed by atoms with Crippen molar-refractivity contribution in [1.82, 2.24) is 9.88 Å². The monoisotopic (exact) mass is 422 g/mol. The number of pyridine rings is 1. The maximum absolute atomic E-state index is 11.5. The average Bonchev–Trinajstić information content (AvgIpc) is 3.27. The number of nitrogens with zero attached hydrogens (tertiary/aromatic N) is 2. The number of nitrogens with one attached hydrogen (secondary N) is 2. The van der Waals surface area contributed by atoms with Gasteiger partial charge in [-0.25, -0.2) is 8.42 Å². The van der Waals surface area contributed by atoms with Crippen LogP contribution in [0.3, 0.4) is 0 Å². The van der Waals surface area contributed by atoms with E-state index in [1.165, 1.54) is 30.2 Å². The van der Waals surface area contributed by atoms with Crippen LogP contribution in [0.25, 0.3) is 10.8 Å². The number of rotatable bonds is 6. The van der Waals surface area contributed by atoms with Gasteiger partial charge in [-0.05, 0) is 48.6 Å². The second-order valence-corrected chi connectivity index (χ2v) is 10.3. The van der Waals surface area contributed by atoms with E-state index >= 15 is 0 Å². The highest BCUT2D eigenvalue weighted by atomic mass is 32.2. The number of anilines is 2. The maximum atomic E-state index is 11.5. The van der Waals surface area contributed by atoms with E-state index in [1.807, 2.05) is 24.5 Å². The predicted molar refractivity (Wildman–Crippen MR) is 121 cm³/mol. The first kappa shape index (κ1) is 19.3. The van der Waals surface area contributed by atoms with Crippen molar-refractivity contribution in [3.05, 3.63) is 66.5 Å². The second kappa shape index (κ2) is 7.56. The minimum absolute atomic E-state index is 0.417. The summed E-state index contributed by atoms with van der Waals surface area (Å²) in [6.07, 6.45) is 7.34. The zero-order valence-electron chi connectivity index (χ0n) is 17.0. The molecule has 1 aliphatic heterocycles. The van der Waals surface area contributed by atoms with E-state index < -0.39 is 10.0 Å². The molecule has 2 N–H and O–H groups in total. The molecule has 156 valence electrons. The molecule has 1 aromatic heterocycles. The van der Waals surface area contributed by atoms with Gasteiger partial charge in [0.2, 0.25) is 10.0 Å². The first-order valence-electron chi connectivity index (χ1n) is 10.3. The molecule has 2 aliphatic rings. The summed E-state index contributed by atoms with van der Waals surface area (Å²) >= 11 is 0. The topological polar surface area (TPSA) is 74.3 Å². The van der Waals surface area contributed by atoms with Crippen molar-refractivity contribution in [2.24, 2.45) is 5.92 Å². The van der Waals surface area contributed by atoms with Crippen molar-refractivity contribution in [2.45, 2.75) is 31.5 Å². The lowest BCUT2D eigenvalue weighted by Gasteiger charge is -2.34. The Morgan fingerprint density at radius 1 is 1.13 bits per heavy atom. The number of benzene rings is 2. The minimum Gasteiger partial charge on any atom is -0.380 e. The summed E-state index contributed by atoms with van der Waals surface area (Å²) < 4.78 is 25.6. The van der Waals surface area contributed by atoms with Gasteiger partial charge in [-0.1, -0.05) is 24.3 Å². The summed E-state index contributed by atoms with van der Waals surface area (Å²) in [4.78, 5) is 6.77. The molecule has 1 saturated heterocycles. The highest BCUT2D eigenvalue weighted by molar-refractivity contribution is 7.92. The van der Waals surface area contributed by atoms with Gasteiger partial charge in [0.05, 0.1) is 6.26 Å². The zero-order valence-corrected chi connectivity index (χ0v) is 17.8. The van der Waals surface area contributed by atoms with E-state index in [1.54, 1.807) is 6.07 Å². The van der Waals surface area contributed by atoms with E-state index in [4.69, 9.17) is 0 Å². The van der Waals surface area contributed by atoms with Gasteiger partial charge in [0.15, 0.2) is 0 Å². The number of sulfonamides is 1. The number of fused-ring (bicyclic) bond motifs is 3. The van der Waals surface area contributed by atoms with Crippen LogP contribution in [-0.4, -0.2) is 43.2 Å². The van der Waals surface area contributed by atoms with Crippen LogP contribution in [0.5, 0.6) is 0 Å². The van der Waals surface area contributed by atoms with Crippen LogP contribution in [0.1, 0.15) is 18.4 Å². The van der Waals surface area contributed by atoms with Gasteiger partial charge in [0.25, 0.3) is 0 Å². The lowest BCUT2D eigenvalue weighted by molar-refractivity contribution is 0.193. The van der Waals surface area contributed by atoms with E-state index in [-0.39, 0.29) is 0 Å². The third-order valence-electron chi connectivity index (χ3n) is 6.23. The molecule has 1 saturated carbocycles. The summed E-state index contributed by atoms with van der Waals surface area (Å²) in [5, 5.41) is 6.17. The van der Waals surface area contributed by atoms with Crippen LogP contribution < -0.4 is 10.0 Å². The summed E-state index contributed by atoms with van der Waals surface area (Å²) in [6.45, 7) is 1.93. The Bertz CT molecular complexity index is 1180. The smallest absolute Gasteiger partial charge is 0.229 e. The molecule has 0 spiro atoms. The van der Waals surface area contributed by atoms with Gasteiger partial charge in [-0.2, -0.15) is 0 Å². The number of likely N-dealkylation sites (tertiary alicyclic amines) is 1. The Hall–Kier alpha value is -2.64. The number of hydrogen-bond acceptors (Lipinski definition) is 5. The van der Waals surface area contributed by atoms with E-state index in [9.17, 15) is 8.42 Å². The van der Waals surface area contributed by atoms with Gasteiger partial charge in [-0.3, -0.25) is 14.6 Å². The molecule has 3 aromatic rings. The fourth-order valence-corrected chi connectivity index (χ4v) is 5.66. The number of piperidine rings is 1. The summed E-state index contributed by atoms with van der Waals surface area (Å²) in [5.41, 5.74) is 2.93. The molecule has 0 radical (unpaired) electrons. The van der Waals surface area contributed by atoms with Crippen LogP contribution in [0.15, 0.2) is 60.9 Å². The fourth-order valence-electron chi connectivity index (χ4n) is 5.10. The molecule has 0 amide bonds. The second-order valence-electron chi connectivity index (χ2n) is 8.56. The Morgan fingerprint density at radius 2 is 2.00 bits per heavy atom. The third-order valence-corrected chi connectivity index (χ3v) is 6.83. The summed E-state index contributed by atoms with van der Waals surface area (Å²) in [6, 6.07) is 17.0. The predicted octanol–water partition coefficient (Wildman–Crippen LogP) is 3.68. The first-order valence-corrected chi connectivity index (χ1v) is 12.2. The average molecular weight is 423 g/mol. The van der Waals surface area contributed by atoms with Crippen molar-refractivity contribution in [1.29, 1.82) is 0 Å². The fraction of sp³-hybridized carbons (Fsp3) is 0.348. The van der Waals surface area contributed by atoms with Crippen LogP contribution in [0.4, 0.5) is 11.4 Å². The molecule has 6 nitrogen and oxygen atoms in total. The quantitative estimate of drug-likeness (QED) is 0.634. The maximum Gasteiger partial charge on any atom is 0.229 e. The van der Waals surface area contributed by atoms with Crippen molar-refractivity contribution < 1.29 is 8.42 Å². The van der Waals surface area contributed by atoms with Crippen molar-refractivity contribution in [3.8, 4) is 0 Å². The van der Waals surface area contributed by atoms with Gasteiger partial charge in [0.1, 0.15) is 0 Å². The van der Waals surface area contributed by atoms with E-state index in [2.05, 4.69) is 50.3 Å². The molecule has 30 heavy (non-hydrogen) atoms. The molecular formula is C23H26N4O2S. The Labute approximate surface area is 177 Å². The SMILES string of the molecule is CS(=O)(=O)Nc1cccc(CN2C[C@H]3C[C@@H]2[C@H](Nc2cccc4cnccc24)C3)c1. The standard InChI is InChI=1S/C23H26N4O2S/c1-30(28,29)26-19-6-2-4-16(10-19)14-27-15-17-11-22(23(27)12-17)25-21-7-3-5-18-13-24-9-8-20(18)21/h2-10,13,17,22-23,25-26H,11-12,14-15H2,1H3/t17-,22-,23-/m1/s1. The molecule has 2 aromatic carbocycles. The highest BCUT2D eigenvalue weighted by Crippen LogP contribution is 2.40. The van der Waals surface area contributed by atoms with Gasteiger partial charge in [0, 0.05) is 59.7 Å². The lowest BCUT2D eigenvalue weighted by atomic mass is 10.0. The zero-order chi connectivity index (χ0) is 20.7. The Kier molecular flexibility index (Phi) is 4.87. The molecular weight excluding hydrogens is 396 g/mol. The molecule has 2 bridgehead atoms. The van der Waals surface area contributed by atoms with Gasteiger partial charge >= 0.3 is 0 Å². The van der Waals surface area contributed by atoms with Crippen molar-refractivity contribution >= 4 is 32.2 Å². The van der Waals surface area contributed by atoms with E-state index in [0.717, 1.165) is 24.0 Å². The number of aromatic nitrogens is 1. The molecule has 5 rings (SSSR count). The van der Waals surface area contributed by atoms with Crippen molar-refractivity contribution in [2.75, 3.05) is 22.8 Å². The van der Waals surface area contributed by atoms with Crippen LogP contribution >= 0.6 is 0 Å². The first-order chi connectivity index (χ1) is 14.4. The van der Waals surface area contributed by atoms with Crippen LogP contribution in [0.2, 0.25) is 0 Å². The minimum atomic E-state index is -3.27. The third kappa shape index (κ3) is 4.00. The summed E-state index contributed by atoms with van der Waals surface area (Å²) in [5.74, 6) is 0.710. The summed E-state index contributed by atoms with van der Waals surface area (Å²) in [7, 11) is -3.27. The highest BCUT2D eigenvalue weighted by Gasteiger charge is 2.44. The molecule has 0 unspecified atom stereocenters. The van der Waals surface area contributed by atoms with E-state index in [0.29, 0.717) is 23.7 Å². The van der Waals surface area contributed by atoms with Gasteiger partial charge in [-0.15, -0.1) is 0 Å². The molecule has 2 heterocycles. The molecule has 3 atom stereocenters. The Balaban J connectivity index is 1.32. The lowest BCUT2D eigenvalue weighted by Crippen LogP contribution is -2.44. The normalized spacial score (nSPS) is 23.7. The molecule has 2 fully saturated rings. The number of hydrogen-bond donors (Lipinski definition) is 2. The largest absolute Gasteiger partial charge is 0.380 e. The van der Waals surface area contributed by atoms with Crippen LogP contribution in [0, 0.1) is 5.92 Å². The van der Waals surface area contributed by atoms with Crippen molar-refractivity contribution in [3.63, 3.8) is 0 Å². The van der Waals surface area contributed by atoms with Crippen LogP contribution in [-0.2, 0) is 16.6 Å². The molecule has 1 aliphatic carbocycles. The Morgan fingerprint density at radius 3 is 2.83 bits per heavy atom. The molecule has 7 heteroatoms. The van der Waals surface area contributed by atoms with Gasteiger partial charge < -0.3 is 5.32 Å².